The maximum atomic E-state index is 13.2. The van der Waals surface area contributed by atoms with E-state index in [0.29, 0.717) is 24.4 Å². The van der Waals surface area contributed by atoms with Gasteiger partial charge in [0.1, 0.15) is 11.3 Å². The van der Waals surface area contributed by atoms with Gasteiger partial charge in [0, 0.05) is 24.7 Å². The molecule has 2 atom stereocenters. The van der Waals surface area contributed by atoms with Crippen molar-refractivity contribution in [3.63, 3.8) is 0 Å². The number of carbonyl (C=O) groups excluding carboxylic acids is 2. The second-order valence-electron chi connectivity index (χ2n) is 7.27. The van der Waals surface area contributed by atoms with Gasteiger partial charge in [-0.25, -0.2) is 13.2 Å². The summed E-state index contributed by atoms with van der Waals surface area (Å²) in [6, 6.07) is 3.93. The average Bonchev–Trinajstić information content (AvgIpc) is 3.26. The number of sulfonamides is 1. The van der Waals surface area contributed by atoms with Crippen molar-refractivity contribution in [3.8, 4) is 5.75 Å². The summed E-state index contributed by atoms with van der Waals surface area (Å²) in [7, 11) is -0.334. The topological polar surface area (TPSA) is 108 Å². The first kappa shape index (κ1) is 20.6. The lowest BCUT2D eigenvalue weighted by atomic mass is 9.91. The number of hydrogen-bond acceptors (Lipinski definition) is 6. The van der Waals surface area contributed by atoms with Gasteiger partial charge >= 0.3 is 6.03 Å². The van der Waals surface area contributed by atoms with Crippen LogP contribution in [0, 0.1) is 0 Å². The van der Waals surface area contributed by atoms with Crippen LogP contribution in [0.2, 0.25) is 0 Å². The van der Waals surface area contributed by atoms with Crippen LogP contribution >= 0.6 is 0 Å². The highest BCUT2D eigenvalue weighted by atomic mass is 32.2. The summed E-state index contributed by atoms with van der Waals surface area (Å²) < 4.78 is 33.2. The van der Waals surface area contributed by atoms with E-state index < -0.39 is 27.5 Å². The number of ether oxygens (including phenoxy) is 1. The smallest absolute Gasteiger partial charge is 0.322 e. The number of likely N-dealkylation sites (N-methyl/N-ethyl adjacent to an activating group) is 1. The lowest BCUT2D eigenvalue weighted by molar-refractivity contribution is -0.123. The summed E-state index contributed by atoms with van der Waals surface area (Å²) in [6.07, 6.45) is 0.767. The number of nitrogens with one attached hydrogen (secondary N) is 2. The van der Waals surface area contributed by atoms with E-state index in [1.807, 2.05) is 14.0 Å². The first-order valence-corrected chi connectivity index (χ1v) is 10.6. The zero-order chi connectivity index (χ0) is 20.7. The number of hydrogen-bond donors (Lipinski definition) is 2. The van der Waals surface area contributed by atoms with E-state index in [-0.39, 0.29) is 10.9 Å². The number of urea groups is 1. The van der Waals surface area contributed by atoms with Gasteiger partial charge in [-0.2, -0.15) is 4.31 Å². The maximum absolute atomic E-state index is 13.2. The highest BCUT2D eigenvalue weighted by Crippen LogP contribution is 2.35. The van der Waals surface area contributed by atoms with Crippen LogP contribution in [-0.4, -0.2) is 69.4 Å². The molecular formula is C18H26N4O5S. The third kappa shape index (κ3) is 3.36. The predicted molar refractivity (Wildman–Crippen MR) is 102 cm³/mol. The highest BCUT2D eigenvalue weighted by Gasteiger charge is 2.46. The monoisotopic (exact) mass is 410 g/mol. The molecule has 9 nitrogen and oxygen atoms in total. The molecule has 2 saturated heterocycles. The number of rotatable bonds is 6. The summed E-state index contributed by atoms with van der Waals surface area (Å²) >= 11 is 0. The lowest BCUT2D eigenvalue weighted by Gasteiger charge is -2.25. The van der Waals surface area contributed by atoms with Crippen LogP contribution in [0.4, 0.5) is 4.79 Å². The molecule has 28 heavy (non-hydrogen) atoms. The number of methoxy groups -OCH3 is 1. The zero-order valence-corrected chi connectivity index (χ0v) is 17.3. The first-order valence-electron chi connectivity index (χ1n) is 9.16. The van der Waals surface area contributed by atoms with Gasteiger partial charge in [0.2, 0.25) is 10.0 Å². The Morgan fingerprint density at radius 3 is 2.64 bits per heavy atom. The Labute approximate surface area is 165 Å². The quantitative estimate of drug-likeness (QED) is 0.660. The third-order valence-corrected chi connectivity index (χ3v) is 7.50. The molecular weight excluding hydrogens is 384 g/mol. The van der Waals surface area contributed by atoms with Gasteiger partial charge in [-0.3, -0.25) is 10.1 Å². The molecule has 154 valence electrons. The lowest BCUT2D eigenvalue weighted by Crippen LogP contribution is -2.41. The molecule has 0 radical (unpaired) electrons. The number of carbonyl (C=O) groups is 2. The minimum atomic E-state index is -3.74. The fourth-order valence-corrected chi connectivity index (χ4v) is 5.19. The van der Waals surface area contributed by atoms with Gasteiger partial charge in [0.15, 0.2) is 0 Å². The molecule has 0 aromatic heterocycles. The van der Waals surface area contributed by atoms with Gasteiger partial charge in [-0.15, -0.1) is 0 Å². The Hall–Kier alpha value is -2.17. The molecule has 0 aliphatic carbocycles. The van der Waals surface area contributed by atoms with E-state index in [4.69, 9.17) is 4.74 Å². The van der Waals surface area contributed by atoms with Gasteiger partial charge in [0.05, 0.1) is 12.0 Å². The summed E-state index contributed by atoms with van der Waals surface area (Å²) in [5, 5.41) is 4.74. The minimum Gasteiger partial charge on any atom is -0.496 e. The van der Waals surface area contributed by atoms with Crippen LogP contribution in [0.3, 0.4) is 0 Å². The minimum absolute atomic E-state index is 0.0678. The second-order valence-corrected chi connectivity index (χ2v) is 9.21. The summed E-state index contributed by atoms with van der Waals surface area (Å²) in [4.78, 5) is 26.2. The van der Waals surface area contributed by atoms with Crippen molar-refractivity contribution in [1.82, 2.24) is 19.8 Å². The number of benzene rings is 1. The largest absolute Gasteiger partial charge is 0.496 e. The predicted octanol–water partition coefficient (Wildman–Crippen LogP) is 0.465. The molecule has 2 heterocycles. The molecule has 2 aliphatic heterocycles. The van der Waals surface area contributed by atoms with Crippen molar-refractivity contribution < 1.29 is 22.7 Å². The van der Waals surface area contributed by atoms with Crippen LogP contribution in [0.1, 0.15) is 25.8 Å². The Morgan fingerprint density at radius 2 is 2.07 bits per heavy atom. The Bertz CT molecular complexity index is 903. The van der Waals surface area contributed by atoms with Crippen molar-refractivity contribution in [2.45, 2.75) is 36.7 Å². The molecule has 0 saturated carbocycles. The third-order valence-electron chi connectivity index (χ3n) is 5.64. The van der Waals surface area contributed by atoms with Gasteiger partial charge in [-0.05, 0) is 45.1 Å². The van der Waals surface area contributed by atoms with Crippen LogP contribution in [-0.2, 0) is 20.4 Å². The fraction of sp³-hybridized carbons (Fsp3) is 0.556. The van der Waals surface area contributed by atoms with Crippen molar-refractivity contribution in [2.24, 2.45) is 0 Å². The SMILES string of the molecule is CCN(C)C1CCN(S(=O)(=O)c2ccc(OC)c(C3(C)NC(=O)NC3=O)c2)C1. The van der Waals surface area contributed by atoms with Gasteiger partial charge < -0.3 is 15.0 Å². The fourth-order valence-electron chi connectivity index (χ4n) is 3.67. The summed E-state index contributed by atoms with van der Waals surface area (Å²) in [5.74, 6) is -0.236. The van der Waals surface area contributed by atoms with E-state index in [1.165, 1.54) is 36.5 Å². The standard InChI is InChI=1S/C18H26N4O5S/c1-5-21(3)12-8-9-22(11-12)28(25,26)13-6-7-15(27-4)14(10-13)18(2)16(23)19-17(24)20-18/h6-7,10,12H,5,8-9,11H2,1-4H3,(H2,19,20,23,24). The summed E-state index contributed by atoms with van der Waals surface area (Å²) in [5.41, 5.74) is -1.12. The normalized spacial score (nSPS) is 25.8. The molecule has 10 heteroatoms. The molecule has 2 unspecified atom stereocenters. The van der Waals surface area contributed by atoms with E-state index in [0.717, 1.165) is 13.0 Å². The van der Waals surface area contributed by atoms with E-state index >= 15 is 0 Å². The van der Waals surface area contributed by atoms with Crippen LogP contribution in [0.15, 0.2) is 23.1 Å². The van der Waals surface area contributed by atoms with Crippen molar-refractivity contribution >= 4 is 22.0 Å². The summed E-state index contributed by atoms with van der Waals surface area (Å²) in [6.45, 7) is 5.26. The Kier molecular flexibility index (Phi) is 5.39. The zero-order valence-electron chi connectivity index (χ0n) is 16.5. The molecule has 2 fully saturated rings. The van der Waals surface area contributed by atoms with Crippen molar-refractivity contribution in [1.29, 1.82) is 0 Å². The molecule has 3 rings (SSSR count). The second kappa shape index (κ2) is 7.34. The van der Waals surface area contributed by atoms with Crippen molar-refractivity contribution in [3.05, 3.63) is 23.8 Å². The molecule has 0 bridgehead atoms. The van der Waals surface area contributed by atoms with Crippen molar-refractivity contribution in [2.75, 3.05) is 33.8 Å². The molecule has 2 N–H and O–H groups in total. The Morgan fingerprint density at radius 1 is 1.36 bits per heavy atom. The number of amides is 3. The van der Waals surface area contributed by atoms with Crippen LogP contribution in [0.25, 0.3) is 0 Å². The number of imide groups is 1. The molecule has 1 aromatic carbocycles. The van der Waals surface area contributed by atoms with E-state index in [9.17, 15) is 18.0 Å². The van der Waals surface area contributed by atoms with Crippen LogP contribution in [0.5, 0.6) is 5.75 Å². The number of nitrogens with zero attached hydrogens (tertiary/aromatic N) is 2. The first-order chi connectivity index (χ1) is 13.1. The van der Waals surface area contributed by atoms with Gasteiger partial charge in [-0.1, -0.05) is 6.92 Å². The molecule has 0 spiro atoms. The van der Waals surface area contributed by atoms with E-state index in [1.54, 1.807) is 0 Å². The Balaban J connectivity index is 1.98. The van der Waals surface area contributed by atoms with Gasteiger partial charge in [0.25, 0.3) is 5.91 Å². The average molecular weight is 410 g/mol. The van der Waals surface area contributed by atoms with E-state index in [2.05, 4.69) is 15.5 Å². The maximum Gasteiger partial charge on any atom is 0.322 e. The molecule has 1 aromatic rings. The molecule has 3 amide bonds. The van der Waals surface area contributed by atoms with Crippen LogP contribution < -0.4 is 15.4 Å². The highest BCUT2D eigenvalue weighted by molar-refractivity contribution is 7.89. The molecule has 2 aliphatic rings.